The number of hydrogen-bond acceptors (Lipinski definition) is 6. The molecule has 0 N–H and O–H groups in total. The fourth-order valence-electron chi connectivity index (χ4n) is 2.24. The van der Waals surface area contributed by atoms with E-state index in [1.807, 2.05) is 0 Å². The normalized spacial score (nSPS) is 18.6. The molecule has 1 aliphatic heterocycles. The van der Waals surface area contributed by atoms with Crippen LogP contribution in [0.5, 0.6) is 0 Å². The second-order valence-electron chi connectivity index (χ2n) is 4.80. The zero-order chi connectivity index (χ0) is 16.5. The molecule has 10 heteroatoms. The zero-order valence-electron chi connectivity index (χ0n) is 11.5. The van der Waals surface area contributed by atoms with Crippen LogP contribution in [0.1, 0.15) is 16.8 Å². The van der Waals surface area contributed by atoms with Crippen molar-refractivity contribution < 1.29 is 22.7 Å². The summed E-state index contributed by atoms with van der Waals surface area (Å²) in [4.78, 5) is 28.9. The Morgan fingerprint density at radius 3 is 2.82 bits per heavy atom. The molecule has 1 aromatic heterocycles. The Hall–Kier alpha value is -1.19. The van der Waals surface area contributed by atoms with Crippen molar-refractivity contribution in [1.29, 1.82) is 0 Å². The van der Waals surface area contributed by atoms with Crippen molar-refractivity contribution in [3.8, 4) is 0 Å². The number of amides is 1. The summed E-state index contributed by atoms with van der Waals surface area (Å²) < 4.78 is 27.3. The van der Waals surface area contributed by atoms with Gasteiger partial charge in [0.05, 0.1) is 22.9 Å². The summed E-state index contributed by atoms with van der Waals surface area (Å²) in [6.45, 7) is 0.202. The standard InChI is InChI=1S/C12H12BrClN2O5S/c1-21-12(18)8-3-9(13)11(15-4-8)16-5-7(2-10(16)17)6-22(14,19)20/h3-4,7H,2,5-6H2,1H3. The fourth-order valence-corrected chi connectivity index (χ4v) is 4.12. The van der Waals surface area contributed by atoms with Crippen LogP contribution < -0.4 is 4.90 Å². The van der Waals surface area contributed by atoms with Gasteiger partial charge in [-0.25, -0.2) is 18.2 Å². The molecule has 0 bridgehead atoms. The lowest BCUT2D eigenvalue weighted by Gasteiger charge is -2.17. The van der Waals surface area contributed by atoms with Crippen molar-refractivity contribution in [3.63, 3.8) is 0 Å². The number of methoxy groups -OCH3 is 1. The average molecular weight is 412 g/mol. The summed E-state index contributed by atoms with van der Waals surface area (Å²) in [7, 11) is 2.81. The van der Waals surface area contributed by atoms with Crippen LogP contribution in [0.4, 0.5) is 5.82 Å². The van der Waals surface area contributed by atoms with Crippen LogP contribution in [-0.2, 0) is 18.6 Å². The van der Waals surface area contributed by atoms with Crippen molar-refractivity contribution in [2.24, 2.45) is 5.92 Å². The van der Waals surface area contributed by atoms with E-state index in [2.05, 4.69) is 25.7 Å². The lowest BCUT2D eigenvalue weighted by molar-refractivity contribution is -0.117. The van der Waals surface area contributed by atoms with E-state index in [-0.39, 0.29) is 36.1 Å². The number of ether oxygens (including phenoxy) is 1. The number of rotatable bonds is 4. The molecular formula is C12H12BrClN2O5S. The number of halogens is 2. The average Bonchev–Trinajstić information content (AvgIpc) is 2.76. The maximum Gasteiger partial charge on any atom is 0.339 e. The first-order chi connectivity index (χ1) is 10.2. The van der Waals surface area contributed by atoms with E-state index in [1.54, 1.807) is 0 Å². The number of esters is 1. The molecule has 1 unspecified atom stereocenters. The zero-order valence-corrected chi connectivity index (χ0v) is 14.6. The molecule has 0 radical (unpaired) electrons. The molecule has 120 valence electrons. The third-order valence-corrected chi connectivity index (χ3v) is 4.97. The monoisotopic (exact) mass is 410 g/mol. The minimum atomic E-state index is -3.67. The molecule has 0 aliphatic carbocycles. The summed E-state index contributed by atoms with van der Waals surface area (Å²) in [5, 5.41) is 0. The highest BCUT2D eigenvalue weighted by atomic mass is 79.9. The van der Waals surface area contributed by atoms with Gasteiger partial charge in [0.15, 0.2) is 0 Å². The lowest BCUT2D eigenvalue weighted by Crippen LogP contribution is -2.26. The largest absolute Gasteiger partial charge is 0.465 e. The van der Waals surface area contributed by atoms with Crippen LogP contribution in [0.2, 0.25) is 0 Å². The molecule has 7 nitrogen and oxygen atoms in total. The van der Waals surface area contributed by atoms with Gasteiger partial charge in [-0.3, -0.25) is 9.69 Å². The predicted molar refractivity (Wildman–Crippen MR) is 83.4 cm³/mol. The van der Waals surface area contributed by atoms with Crippen LogP contribution in [0.3, 0.4) is 0 Å². The van der Waals surface area contributed by atoms with Crippen molar-refractivity contribution in [2.45, 2.75) is 6.42 Å². The SMILES string of the molecule is COC(=O)c1cnc(N2CC(CS(=O)(=O)Cl)CC2=O)c(Br)c1. The molecular weight excluding hydrogens is 400 g/mol. The van der Waals surface area contributed by atoms with Crippen molar-refractivity contribution in [1.82, 2.24) is 4.98 Å². The Morgan fingerprint density at radius 1 is 1.59 bits per heavy atom. The molecule has 2 rings (SSSR count). The summed E-state index contributed by atoms with van der Waals surface area (Å²) in [5.41, 5.74) is 0.240. The number of aromatic nitrogens is 1. The first kappa shape index (κ1) is 17.2. The molecule has 1 fully saturated rings. The minimum absolute atomic E-state index is 0.0822. The quantitative estimate of drug-likeness (QED) is 0.551. The number of carbonyl (C=O) groups excluding carboxylic acids is 2. The van der Waals surface area contributed by atoms with Crippen molar-refractivity contribution in [2.75, 3.05) is 24.3 Å². The summed E-state index contributed by atoms with van der Waals surface area (Å²) in [5.74, 6) is -1.12. The van der Waals surface area contributed by atoms with Gasteiger partial charge in [0, 0.05) is 35.8 Å². The Balaban J connectivity index is 2.22. The van der Waals surface area contributed by atoms with Gasteiger partial charge in [-0.15, -0.1) is 0 Å². The summed E-state index contributed by atoms with van der Waals surface area (Å²) in [6, 6.07) is 1.49. The molecule has 0 aromatic carbocycles. The first-order valence-electron chi connectivity index (χ1n) is 6.18. The molecule has 1 aromatic rings. The summed E-state index contributed by atoms with van der Waals surface area (Å²) in [6.07, 6.45) is 1.38. The number of anilines is 1. The van der Waals surface area contributed by atoms with E-state index < -0.39 is 15.0 Å². The molecule has 22 heavy (non-hydrogen) atoms. The molecule has 1 amide bonds. The van der Waals surface area contributed by atoms with Crippen LogP contribution in [-0.4, -0.2) is 44.7 Å². The number of carbonyl (C=O) groups is 2. The molecule has 1 atom stereocenters. The predicted octanol–water partition coefficient (Wildman–Crippen LogP) is 1.55. The maximum atomic E-state index is 12.0. The van der Waals surface area contributed by atoms with Crippen LogP contribution in [0.15, 0.2) is 16.7 Å². The Morgan fingerprint density at radius 2 is 2.27 bits per heavy atom. The van der Waals surface area contributed by atoms with E-state index in [1.165, 1.54) is 24.3 Å². The number of pyridine rings is 1. The molecule has 0 spiro atoms. The van der Waals surface area contributed by atoms with Gasteiger partial charge in [0.25, 0.3) is 0 Å². The summed E-state index contributed by atoms with van der Waals surface area (Å²) >= 11 is 3.26. The van der Waals surface area contributed by atoms with E-state index in [0.29, 0.717) is 10.3 Å². The van der Waals surface area contributed by atoms with Gasteiger partial charge in [-0.05, 0) is 22.0 Å². The molecule has 1 saturated heterocycles. The highest BCUT2D eigenvalue weighted by molar-refractivity contribution is 9.10. The van der Waals surface area contributed by atoms with Crippen LogP contribution in [0, 0.1) is 5.92 Å². The minimum Gasteiger partial charge on any atom is -0.465 e. The van der Waals surface area contributed by atoms with E-state index in [0.717, 1.165) is 0 Å². The smallest absolute Gasteiger partial charge is 0.339 e. The van der Waals surface area contributed by atoms with Gasteiger partial charge < -0.3 is 4.74 Å². The fraction of sp³-hybridized carbons (Fsp3) is 0.417. The van der Waals surface area contributed by atoms with Crippen LogP contribution in [0.25, 0.3) is 0 Å². The third kappa shape index (κ3) is 3.96. The Kier molecular flexibility index (Phi) is 5.08. The molecule has 0 saturated carbocycles. The highest BCUT2D eigenvalue weighted by Crippen LogP contribution is 2.31. The second-order valence-corrected chi connectivity index (χ2v) is 8.48. The number of hydrogen-bond donors (Lipinski definition) is 0. The molecule has 1 aliphatic rings. The lowest BCUT2D eigenvalue weighted by atomic mass is 10.1. The maximum absolute atomic E-state index is 12.0. The van der Waals surface area contributed by atoms with Crippen molar-refractivity contribution in [3.05, 3.63) is 22.3 Å². The van der Waals surface area contributed by atoms with E-state index >= 15 is 0 Å². The highest BCUT2D eigenvalue weighted by Gasteiger charge is 2.34. The van der Waals surface area contributed by atoms with Crippen LogP contribution >= 0.6 is 26.6 Å². The third-order valence-electron chi connectivity index (χ3n) is 3.14. The van der Waals surface area contributed by atoms with Gasteiger partial charge in [-0.2, -0.15) is 0 Å². The first-order valence-corrected chi connectivity index (χ1v) is 9.45. The van der Waals surface area contributed by atoms with Gasteiger partial charge in [0.2, 0.25) is 15.0 Å². The van der Waals surface area contributed by atoms with Gasteiger partial charge in [-0.1, -0.05) is 0 Å². The van der Waals surface area contributed by atoms with Crippen molar-refractivity contribution >= 4 is 53.4 Å². The Labute approximate surface area is 140 Å². The van der Waals surface area contributed by atoms with E-state index in [9.17, 15) is 18.0 Å². The van der Waals surface area contributed by atoms with Gasteiger partial charge >= 0.3 is 5.97 Å². The second kappa shape index (κ2) is 6.51. The molecule has 2 heterocycles. The Bertz CT molecular complexity index is 724. The van der Waals surface area contributed by atoms with E-state index in [4.69, 9.17) is 10.7 Å². The topological polar surface area (TPSA) is 93.6 Å². The number of nitrogens with zero attached hydrogens (tertiary/aromatic N) is 2. The van der Waals surface area contributed by atoms with Gasteiger partial charge in [0.1, 0.15) is 5.82 Å².